The SMILES string of the molecule is CSCC[C@@H](NS(=O)(=O)c1ccc2c(c1)OCCO2)C(=O)O[C@H](C)C(N)=O. The first-order valence-electron chi connectivity index (χ1n) is 8.15. The number of fused-ring (bicyclic) bond motifs is 1. The normalized spacial score (nSPS) is 15.6. The molecule has 2 atom stereocenters. The summed E-state index contributed by atoms with van der Waals surface area (Å²) in [4.78, 5) is 23.3. The maximum absolute atomic E-state index is 12.7. The van der Waals surface area contributed by atoms with E-state index in [-0.39, 0.29) is 11.3 Å². The molecule has 0 radical (unpaired) electrons. The summed E-state index contributed by atoms with van der Waals surface area (Å²) in [6, 6.07) is 3.03. The van der Waals surface area contributed by atoms with Gasteiger partial charge < -0.3 is 19.9 Å². The molecule has 0 aliphatic carbocycles. The Kier molecular flexibility index (Phi) is 7.33. The van der Waals surface area contributed by atoms with Crippen LogP contribution in [0.1, 0.15) is 13.3 Å². The van der Waals surface area contributed by atoms with Gasteiger partial charge in [0.05, 0.1) is 4.90 Å². The van der Waals surface area contributed by atoms with Gasteiger partial charge in [0, 0.05) is 6.07 Å². The lowest BCUT2D eigenvalue weighted by atomic mass is 10.2. The number of esters is 1. The topological polar surface area (TPSA) is 134 Å². The Labute approximate surface area is 162 Å². The molecule has 1 amide bonds. The van der Waals surface area contributed by atoms with Gasteiger partial charge in [-0.1, -0.05) is 0 Å². The van der Waals surface area contributed by atoms with E-state index < -0.39 is 34.0 Å². The molecule has 0 fully saturated rings. The predicted octanol–water partition coefficient (Wildman–Crippen LogP) is 0.275. The quantitative estimate of drug-likeness (QED) is 0.546. The molecule has 1 aromatic rings. The minimum atomic E-state index is -4.04. The van der Waals surface area contributed by atoms with Crippen LogP contribution >= 0.6 is 11.8 Å². The number of nitrogens with one attached hydrogen (secondary N) is 1. The molecule has 1 heterocycles. The molecule has 150 valence electrons. The van der Waals surface area contributed by atoms with Crippen LogP contribution in [0.15, 0.2) is 23.1 Å². The van der Waals surface area contributed by atoms with Gasteiger partial charge in [-0.25, -0.2) is 8.42 Å². The van der Waals surface area contributed by atoms with Crippen LogP contribution in [0, 0.1) is 0 Å². The molecule has 1 aliphatic heterocycles. The summed E-state index contributed by atoms with van der Waals surface area (Å²) in [6.07, 6.45) is 0.854. The summed E-state index contributed by atoms with van der Waals surface area (Å²) in [6.45, 7) is 2.02. The van der Waals surface area contributed by atoms with Gasteiger partial charge in [-0.05, 0) is 37.5 Å². The molecule has 0 bridgehead atoms. The fourth-order valence-electron chi connectivity index (χ4n) is 2.22. The number of rotatable bonds is 9. The van der Waals surface area contributed by atoms with Gasteiger partial charge in [0.15, 0.2) is 17.6 Å². The highest BCUT2D eigenvalue weighted by Gasteiger charge is 2.29. The number of hydrogen-bond acceptors (Lipinski definition) is 8. The van der Waals surface area contributed by atoms with E-state index in [1.807, 2.05) is 6.26 Å². The van der Waals surface area contributed by atoms with Crippen LogP contribution in [-0.2, 0) is 24.3 Å². The Morgan fingerprint density at radius 2 is 1.96 bits per heavy atom. The number of carbonyl (C=O) groups excluding carboxylic acids is 2. The summed E-state index contributed by atoms with van der Waals surface area (Å²) in [5, 5.41) is 0. The number of nitrogens with two attached hydrogens (primary N) is 1. The van der Waals surface area contributed by atoms with Gasteiger partial charge in [-0.2, -0.15) is 16.5 Å². The largest absolute Gasteiger partial charge is 0.486 e. The van der Waals surface area contributed by atoms with Crippen molar-refractivity contribution in [2.45, 2.75) is 30.4 Å². The molecule has 0 saturated heterocycles. The summed E-state index contributed by atoms with van der Waals surface area (Å²) in [7, 11) is -4.04. The van der Waals surface area contributed by atoms with E-state index in [4.69, 9.17) is 19.9 Å². The third-order valence-electron chi connectivity index (χ3n) is 3.71. The molecule has 1 aromatic carbocycles. The van der Waals surface area contributed by atoms with E-state index in [9.17, 15) is 18.0 Å². The third kappa shape index (κ3) is 5.75. The zero-order chi connectivity index (χ0) is 20.0. The average molecular weight is 418 g/mol. The highest BCUT2D eigenvalue weighted by atomic mass is 32.2. The lowest BCUT2D eigenvalue weighted by Gasteiger charge is -2.21. The van der Waals surface area contributed by atoms with Crippen molar-refractivity contribution < 1.29 is 32.2 Å². The van der Waals surface area contributed by atoms with E-state index in [1.54, 1.807) is 0 Å². The van der Waals surface area contributed by atoms with Crippen LogP contribution in [0.2, 0.25) is 0 Å². The van der Waals surface area contributed by atoms with Crippen molar-refractivity contribution in [2.75, 3.05) is 25.2 Å². The summed E-state index contributed by atoms with van der Waals surface area (Å²) in [5.74, 6) is -0.407. The lowest BCUT2D eigenvalue weighted by Crippen LogP contribution is -2.44. The monoisotopic (exact) mass is 418 g/mol. The molecule has 0 unspecified atom stereocenters. The number of hydrogen-bond donors (Lipinski definition) is 2. The zero-order valence-electron chi connectivity index (χ0n) is 15.0. The standard InChI is InChI=1S/C16H22N2O7S2/c1-10(15(17)19)25-16(20)12(5-8-26-2)18-27(21,22)11-3-4-13-14(9-11)24-7-6-23-13/h3-4,9-10,12,18H,5-8H2,1-2H3,(H2,17,19)/t10-,12-/m1/s1. The Balaban J connectivity index is 2.19. The maximum Gasteiger partial charge on any atom is 0.324 e. The zero-order valence-corrected chi connectivity index (χ0v) is 16.6. The number of primary amides is 1. The highest BCUT2D eigenvalue weighted by Crippen LogP contribution is 2.32. The van der Waals surface area contributed by atoms with Crippen molar-refractivity contribution in [3.05, 3.63) is 18.2 Å². The van der Waals surface area contributed by atoms with Crippen molar-refractivity contribution in [2.24, 2.45) is 5.73 Å². The number of sulfonamides is 1. The fraction of sp³-hybridized carbons (Fsp3) is 0.500. The number of benzene rings is 1. The second-order valence-electron chi connectivity index (χ2n) is 5.74. The Bertz CT molecular complexity index is 798. The van der Waals surface area contributed by atoms with E-state index in [0.717, 1.165) is 0 Å². The molecule has 0 aromatic heterocycles. The van der Waals surface area contributed by atoms with Crippen molar-refractivity contribution >= 4 is 33.7 Å². The molecular weight excluding hydrogens is 396 g/mol. The molecule has 2 rings (SSSR count). The van der Waals surface area contributed by atoms with Crippen LogP contribution in [0.5, 0.6) is 11.5 Å². The summed E-state index contributed by atoms with van der Waals surface area (Å²) in [5.41, 5.74) is 5.08. The smallest absolute Gasteiger partial charge is 0.324 e. The van der Waals surface area contributed by atoms with Crippen LogP contribution in [0.4, 0.5) is 0 Å². The molecular formula is C16H22N2O7S2. The predicted molar refractivity (Wildman–Crippen MR) is 99.3 cm³/mol. The van der Waals surface area contributed by atoms with Crippen molar-refractivity contribution in [3.8, 4) is 11.5 Å². The van der Waals surface area contributed by atoms with Crippen LogP contribution in [-0.4, -0.2) is 57.7 Å². The van der Waals surface area contributed by atoms with Crippen molar-refractivity contribution in [1.82, 2.24) is 4.72 Å². The summed E-state index contributed by atoms with van der Waals surface area (Å²) >= 11 is 1.44. The van der Waals surface area contributed by atoms with E-state index >= 15 is 0 Å². The van der Waals surface area contributed by atoms with Gasteiger partial charge in [-0.3, -0.25) is 9.59 Å². The number of carbonyl (C=O) groups is 2. The van der Waals surface area contributed by atoms with Crippen molar-refractivity contribution in [3.63, 3.8) is 0 Å². The third-order valence-corrected chi connectivity index (χ3v) is 5.82. The second-order valence-corrected chi connectivity index (χ2v) is 8.44. The number of ether oxygens (including phenoxy) is 3. The molecule has 0 spiro atoms. The molecule has 27 heavy (non-hydrogen) atoms. The fourth-order valence-corrected chi connectivity index (χ4v) is 3.93. The molecule has 0 saturated carbocycles. The van der Waals surface area contributed by atoms with E-state index in [1.165, 1.54) is 36.9 Å². The molecule has 3 N–H and O–H groups in total. The molecule has 9 nitrogen and oxygen atoms in total. The van der Waals surface area contributed by atoms with Gasteiger partial charge in [0.2, 0.25) is 10.0 Å². The van der Waals surface area contributed by atoms with Gasteiger partial charge >= 0.3 is 5.97 Å². The minimum Gasteiger partial charge on any atom is -0.486 e. The Morgan fingerprint density at radius 3 is 2.59 bits per heavy atom. The van der Waals surface area contributed by atoms with E-state index in [0.29, 0.717) is 30.5 Å². The van der Waals surface area contributed by atoms with Crippen LogP contribution in [0.25, 0.3) is 0 Å². The number of thioether (sulfide) groups is 1. The van der Waals surface area contributed by atoms with Crippen molar-refractivity contribution in [1.29, 1.82) is 0 Å². The Hall–Kier alpha value is -1.98. The first-order chi connectivity index (χ1) is 12.7. The molecule has 1 aliphatic rings. The first kappa shape index (κ1) is 21.3. The summed E-state index contributed by atoms with van der Waals surface area (Å²) < 4.78 is 43.4. The minimum absolute atomic E-state index is 0.0725. The highest BCUT2D eigenvalue weighted by molar-refractivity contribution is 7.98. The molecule has 11 heteroatoms. The average Bonchev–Trinajstić information content (AvgIpc) is 2.64. The second kappa shape index (κ2) is 9.29. The number of amides is 1. The lowest BCUT2D eigenvalue weighted by molar-refractivity contribution is -0.155. The first-order valence-corrected chi connectivity index (χ1v) is 11.0. The van der Waals surface area contributed by atoms with Gasteiger partial charge in [-0.15, -0.1) is 0 Å². The maximum atomic E-state index is 12.7. The van der Waals surface area contributed by atoms with E-state index in [2.05, 4.69) is 4.72 Å². The van der Waals surface area contributed by atoms with Crippen LogP contribution < -0.4 is 19.9 Å². The van der Waals surface area contributed by atoms with Crippen LogP contribution in [0.3, 0.4) is 0 Å². The van der Waals surface area contributed by atoms with Gasteiger partial charge in [0.1, 0.15) is 19.3 Å². The van der Waals surface area contributed by atoms with Gasteiger partial charge in [0.25, 0.3) is 5.91 Å². The Morgan fingerprint density at radius 1 is 1.30 bits per heavy atom.